The molecule has 1 heterocycles. The second-order valence-electron chi connectivity index (χ2n) is 8.65. The van der Waals surface area contributed by atoms with Crippen LogP contribution in [0.15, 0.2) is 97.1 Å². The highest BCUT2D eigenvalue weighted by molar-refractivity contribution is 6.35. The number of carbonyl (C=O) groups is 1. The van der Waals surface area contributed by atoms with E-state index in [0.717, 1.165) is 17.5 Å². The monoisotopic (exact) mass is 495 g/mol. The van der Waals surface area contributed by atoms with Gasteiger partial charge < -0.3 is 15.0 Å². The number of halogens is 1. The van der Waals surface area contributed by atoms with Crippen LogP contribution >= 0.6 is 11.6 Å². The number of carbonyl (C=O) groups excluding carboxylic acids is 1. The lowest BCUT2D eigenvalue weighted by atomic mass is 9.88. The molecule has 180 valence electrons. The summed E-state index contributed by atoms with van der Waals surface area (Å²) in [7, 11) is 1.37. The molecule has 5 nitrogen and oxygen atoms in total. The quantitative estimate of drug-likeness (QED) is 0.196. The van der Waals surface area contributed by atoms with E-state index in [1.54, 1.807) is 18.2 Å². The molecule has 0 unspecified atom stereocenters. The number of aryl methyl sites for hydroxylation is 1. The molecule has 5 rings (SSSR count). The van der Waals surface area contributed by atoms with Crippen molar-refractivity contribution in [3.05, 3.63) is 119 Å². The maximum Gasteiger partial charge on any atom is 0.337 e. The Balaban J connectivity index is 1.61. The van der Waals surface area contributed by atoms with Gasteiger partial charge in [0.25, 0.3) is 0 Å². The third kappa shape index (κ3) is 4.58. The number of aromatic nitrogens is 2. The first-order valence-electron chi connectivity index (χ1n) is 11.8. The smallest absolute Gasteiger partial charge is 0.337 e. The van der Waals surface area contributed by atoms with Crippen LogP contribution in [-0.4, -0.2) is 22.6 Å². The minimum absolute atomic E-state index is 0.198. The topological polar surface area (TPSA) is 70.1 Å². The lowest BCUT2D eigenvalue weighted by Gasteiger charge is -2.20. The van der Waals surface area contributed by atoms with Gasteiger partial charge in [-0.15, -0.1) is 0 Å². The van der Waals surface area contributed by atoms with Crippen LogP contribution in [0.2, 0.25) is 5.02 Å². The number of fused-ring (bicyclic) bond motifs is 1. The molecule has 0 saturated heterocycles. The lowest BCUT2D eigenvalue weighted by molar-refractivity contribution is 0.0601. The van der Waals surface area contributed by atoms with Crippen molar-refractivity contribution in [2.24, 2.45) is 0 Å². The van der Waals surface area contributed by atoms with Gasteiger partial charge in [-0.3, -0.25) is 0 Å². The molecule has 0 amide bonds. The fourth-order valence-electron chi connectivity index (χ4n) is 4.68. The van der Waals surface area contributed by atoms with Crippen LogP contribution in [0.4, 0.5) is 5.69 Å². The fourth-order valence-corrected chi connectivity index (χ4v) is 4.89. The summed E-state index contributed by atoms with van der Waals surface area (Å²) in [5.74, 6) is 0.510. The van der Waals surface area contributed by atoms with Crippen LogP contribution in [0.25, 0.3) is 22.4 Å². The molecule has 0 atom stereocenters. The average Bonchev–Trinajstić information content (AvgIpc) is 3.28. The van der Waals surface area contributed by atoms with E-state index in [-0.39, 0.29) is 5.92 Å². The van der Waals surface area contributed by atoms with Crippen LogP contribution in [0.3, 0.4) is 0 Å². The highest BCUT2D eigenvalue weighted by atomic mass is 35.5. The normalized spacial score (nSPS) is 11.2. The van der Waals surface area contributed by atoms with Gasteiger partial charge in [0.2, 0.25) is 0 Å². The maximum absolute atomic E-state index is 12.2. The molecule has 6 heteroatoms. The number of nitrogens with zero attached hydrogens (tertiary/aromatic N) is 2. The summed E-state index contributed by atoms with van der Waals surface area (Å²) < 4.78 is 7.07. The third-order valence-corrected chi connectivity index (χ3v) is 6.91. The van der Waals surface area contributed by atoms with Gasteiger partial charge >= 0.3 is 5.97 Å². The zero-order valence-corrected chi connectivity index (χ0v) is 20.7. The van der Waals surface area contributed by atoms with E-state index in [9.17, 15) is 4.79 Å². The number of methoxy groups -OCH3 is 1. The molecule has 0 bridgehead atoms. The third-order valence-electron chi connectivity index (χ3n) is 6.48. The molecule has 4 aromatic carbocycles. The molecule has 0 aliphatic carbocycles. The van der Waals surface area contributed by atoms with E-state index in [1.807, 2.05) is 30.3 Å². The summed E-state index contributed by atoms with van der Waals surface area (Å²) in [6, 6.07) is 32.0. The number of ether oxygens (including phenoxy) is 1. The van der Waals surface area contributed by atoms with Gasteiger partial charge in [0.15, 0.2) is 0 Å². The fraction of sp³-hybridized carbons (Fsp3) is 0.133. The standard InChI is InChI=1S/C30H26ClN3O2/c1-36-30(35)22-15-16-27-26(19-22)33-29(24-13-8-14-25(32)28(24)31)34(27)18-17-23(20-9-4-2-5-10-20)21-11-6-3-7-12-21/h2-16,19,23H,17-18,32H2,1H3. The van der Waals surface area contributed by atoms with Crippen molar-refractivity contribution < 1.29 is 9.53 Å². The Labute approximate surface area is 215 Å². The molecule has 36 heavy (non-hydrogen) atoms. The zero-order valence-electron chi connectivity index (χ0n) is 19.9. The molecule has 2 N–H and O–H groups in total. The second kappa shape index (κ2) is 10.3. The van der Waals surface area contributed by atoms with Gasteiger partial charge in [0, 0.05) is 18.0 Å². The van der Waals surface area contributed by atoms with Crippen LogP contribution in [0, 0.1) is 0 Å². The minimum atomic E-state index is -0.400. The number of hydrogen-bond acceptors (Lipinski definition) is 4. The molecule has 0 aliphatic rings. The van der Waals surface area contributed by atoms with Crippen molar-refractivity contribution in [1.82, 2.24) is 9.55 Å². The van der Waals surface area contributed by atoms with E-state index in [4.69, 9.17) is 27.1 Å². The van der Waals surface area contributed by atoms with E-state index in [2.05, 4.69) is 53.1 Å². The Hall–Kier alpha value is -4.09. The number of rotatable bonds is 7. The number of imidazole rings is 1. The Bertz CT molecular complexity index is 1470. The first kappa shape index (κ1) is 23.6. The van der Waals surface area contributed by atoms with Gasteiger partial charge in [-0.2, -0.15) is 0 Å². The molecule has 0 aliphatic heterocycles. The van der Waals surface area contributed by atoms with Gasteiger partial charge in [0.1, 0.15) is 5.82 Å². The number of esters is 1. The van der Waals surface area contributed by atoms with Crippen molar-refractivity contribution in [2.45, 2.75) is 18.9 Å². The summed E-state index contributed by atoms with van der Waals surface area (Å²) in [6.45, 7) is 0.684. The summed E-state index contributed by atoms with van der Waals surface area (Å²) in [5, 5.41) is 0.463. The summed E-state index contributed by atoms with van der Waals surface area (Å²) in [4.78, 5) is 17.1. The average molecular weight is 496 g/mol. The van der Waals surface area contributed by atoms with Crippen LogP contribution in [-0.2, 0) is 11.3 Å². The van der Waals surface area contributed by atoms with Crippen molar-refractivity contribution in [3.8, 4) is 11.4 Å². The number of hydrogen-bond donors (Lipinski definition) is 1. The van der Waals surface area contributed by atoms with Gasteiger partial charge in [0.05, 0.1) is 34.4 Å². The second-order valence-corrected chi connectivity index (χ2v) is 9.03. The minimum Gasteiger partial charge on any atom is -0.465 e. The summed E-state index contributed by atoms with van der Waals surface area (Å²) in [5.41, 5.74) is 11.9. The number of nitrogens with two attached hydrogens (primary N) is 1. The largest absolute Gasteiger partial charge is 0.465 e. The van der Waals surface area contributed by atoms with Crippen LogP contribution < -0.4 is 5.73 Å². The zero-order chi connectivity index (χ0) is 25.1. The molecule has 0 fully saturated rings. The maximum atomic E-state index is 12.2. The molecule has 5 aromatic rings. The SMILES string of the molecule is COC(=O)c1ccc2c(c1)nc(-c1cccc(N)c1Cl)n2CCC(c1ccccc1)c1ccccc1. The van der Waals surface area contributed by atoms with E-state index < -0.39 is 5.97 Å². The lowest BCUT2D eigenvalue weighted by Crippen LogP contribution is -2.08. The highest BCUT2D eigenvalue weighted by Gasteiger charge is 2.20. The molecular weight excluding hydrogens is 470 g/mol. The molecule has 0 saturated carbocycles. The van der Waals surface area contributed by atoms with Crippen molar-refractivity contribution in [2.75, 3.05) is 12.8 Å². The van der Waals surface area contributed by atoms with Crippen LogP contribution in [0.1, 0.15) is 33.8 Å². The summed E-state index contributed by atoms with van der Waals surface area (Å²) >= 11 is 6.63. The Morgan fingerprint density at radius 1 is 0.944 bits per heavy atom. The van der Waals surface area contributed by atoms with Crippen molar-refractivity contribution in [3.63, 3.8) is 0 Å². The van der Waals surface area contributed by atoms with Gasteiger partial charge in [-0.05, 0) is 47.9 Å². The molecule has 0 radical (unpaired) electrons. The molecule has 1 aromatic heterocycles. The molecular formula is C30H26ClN3O2. The Morgan fingerprint density at radius 2 is 1.61 bits per heavy atom. The van der Waals surface area contributed by atoms with E-state index in [1.165, 1.54) is 18.2 Å². The highest BCUT2D eigenvalue weighted by Crippen LogP contribution is 2.36. The number of benzene rings is 4. The first-order chi connectivity index (χ1) is 17.6. The van der Waals surface area contributed by atoms with E-state index >= 15 is 0 Å². The Morgan fingerprint density at radius 3 is 2.25 bits per heavy atom. The summed E-state index contributed by atoms with van der Waals surface area (Å²) in [6.07, 6.45) is 0.838. The predicted molar refractivity (Wildman–Crippen MR) is 145 cm³/mol. The number of anilines is 1. The van der Waals surface area contributed by atoms with Crippen molar-refractivity contribution in [1.29, 1.82) is 0 Å². The van der Waals surface area contributed by atoms with Gasteiger partial charge in [-0.1, -0.05) is 78.3 Å². The van der Waals surface area contributed by atoms with E-state index in [0.29, 0.717) is 34.2 Å². The predicted octanol–water partition coefficient (Wildman–Crippen LogP) is 6.95. The van der Waals surface area contributed by atoms with Crippen molar-refractivity contribution >= 4 is 34.3 Å². The van der Waals surface area contributed by atoms with Gasteiger partial charge in [-0.25, -0.2) is 9.78 Å². The molecule has 0 spiro atoms. The first-order valence-corrected chi connectivity index (χ1v) is 12.2. The number of nitrogen functional groups attached to an aromatic ring is 1. The Kier molecular flexibility index (Phi) is 6.74. The van der Waals surface area contributed by atoms with Crippen LogP contribution in [0.5, 0.6) is 0 Å².